The highest BCUT2D eigenvalue weighted by molar-refractivity contribution is 5.75. The number of rotatable bonds is 4. The third-order valence-electron chi connectivity index (χ3n) is 4.56. The van der Waals surface area contributed by atoms with Crippen molar-refractivity contribution in [1.82, 2.24) is 15.1 Å². The molecular weight excluding hydrogens is 266 g/mol. The molecule has 1 aromatic heterocycles. The maximum absolute atomic E-state index is 12.1. The van der Waals surface area contributed by atoms with Gasteiger partial charge in [0.25, 0.3) is 5.56 Å². The van der Waals surface area contributed by atoms with E-state index in [1.54, 1.807) is 6.07 Å². The summed E-state index contributed by atoms with van der Waals surface area (Å²) in [4.78, 5) is 23.9. The van der Waals surface area contributed by atoms with Crippen LogP contribution >= 0.6 is 0 Å². The number of carbonyl (C=O) groups excluding carboxylic acids is 1. The Morgan fingerprint density at radius 3 is 2.62 bits per heavy atom. The van der Waals surface area contributed by atoms with Gasteiger partial charge in [0.2, 0.25) is 5.91 Å². The molecule has 0 unspecified atom stereocenters. The first-order chi connectivity index (χ1) is 10.1. The van der Waals surface area contributed by atoms with E-state index in [0.717, 1.165) is 37.3 Å². The Labute approximate surface area is 124 Å². The van der Waals surface area contributed by atoms with Crippen LogP contribution in [-0.4, -0.2) is 21.7 Å². The summed E-state index contributed by atoms with van der Waals surface area (Å²) in [6, 6.07) is 3.57. The van der Waals surface area contributed by atoms with Crippen LogP contribution in [-0.2, 0) is 11.3 Å². The van der Waals surface area contributed by atoms with E-state index in [-0.39, 0.29) is 24.1 Å². The molecule has 0 bridgehead atoms. The second-order valence-corrected chi connectivity index (χ2v) is 6.55. The van der Waals surface area contributed by atoms with Crippen molar-refractivity contribution in [3.05, 3.63) is 28.2 Å². The Morgan fingerprint density at radius 2 is 1.95 bits per heavy atom. The van der Waals surface area contributed by atoms with Gasteiger partial charge < -0.3 is 5.32 Å². The molecule has 0 aliphatic heterocycles. The predicted molar refractivity (Wildman–Crippen MR) is 80.0 cm³/mol. The first kappa shape index (κ1) is 14.3. The van der Waals surface area contributed by atoms with Gasteiger partial charge >= 0.3 is 0 Å². The summed E-state index contributed by atoms with van der Waals surface area (Å²) in [5.74, 6) is 1.15. The fourth-order valence-electron chi connectivity index (χ4n) is 2.99. The molecule has 21 heavy (non-hydrogen) atoms. The SMILES string of the molecule is CC1CCC(NC(=O)Cn2nc(C3CC3)ccc2=O)CC1. The Kier molecular flexibility index (Phi) is 4.08. The van der Waals surface area contributed by atoms with Gasteiger partial charge in [0.15, 0.2) is 0 Å². The topological polar surface area (TPSA) is 64.0 Å². The van der Waals surface area contributed by atoms with Gasteiger partial charge in [-0.2, -0.15) is 5.10 Å². The molecule has 2 fully saturated rings. The number of nitrogens with one attached hydrogen (secondary N) is 1. The minimum atomic E-state index is -0.202. The van der Waals surface area contributed by atoms with Gasteiger partial charge in [0.1, 0.15) is 6.54 Å². The maximum atomic E-state index is 12.1. The highest BCUT2D eigenvalue weighted by Gasteiger charge is 2.26. The molecule has 2 saturated carbocycles. The molecular formula is C16H23N3O2. The molecule has 114 valence electrons. The lowest BCUT2D eigenvalue weighted by Gasteiger charge is -2.26. The second kappa shape index (κ2) is 6.00. The Hall–Kier alpha value is -1.65. The lowest BCUT2D eigenvalue weighted by atomic mass is 9.87. The van der Waals surface area contributed by atoms with Gasteiger partial charge in [-0.05, 0) is 50.5 Å². The fraction of sp³-hybridized carbons (Fsp3) is 0.688. The molecule has 1 N–H and O–H groups in total. The number of aromatic nitrogens is 2. The van der Waals surface area contributed by atoms with Crippen molar-refractivity contribution < 1.29 is 4.79 Å². The number of carbonyl (C=O) groups is 1. The van der Waals surface area contributed by atoms with Crippen molar-refractivity contribution >= 4 is 5.91 Å². The van der Waals surface area contributed by atoms with Crippen LogP contribution in [0.15, 0.2) is 16.9 Å². The second-order valence-electron chi connectivity index (χ2n) is 6.55. The quantitative estimate of drug-likeness (QED) is 0.919. The summed E-state index contributed by atoms with van der Waals surface area (Å²) in [7, 11) is 0. The molecule has 0 aromatic carbocycles. The molecule has 1 aromatic rings. The van der Waals surface area contributed by atoms with Crippen molar-refractivity contribution in [3.63, 3.8) is 0 Å². The van der Waals surface area contributed by atoms with Gasteiger partial charge in [-0.25, -0.2) is 4.68 Å². The first-order valence-corrected chi connectivity index (χ1v) is 7.99. The van der Waals surface area contributed by atoms with Crippen LogP contribution in [0.25, 0.3) is 0 Å². The molecule has 3 rings (SSSR count). The van der Waals surface area contributed by atoms with Crippen molar-refractivity contribution in [3.8, 4) is 0 Å². The standard InChI is InChI=1S/C16H23N3O2/c1-11-2-6-13(7-3-11)17-15(20)10-19-16(21)9-8-14(18-19)12-4-5-12/h8-9,11-13H,2-7,10H2,1H3,(H,17,20). The van der Waals surface area contributed by atoms with Crippen molar-refractivity contribution in [1.29, 1.82) is 0 Å². The van der Waals surface area contributed by atoms with E-state index >= 15 is 0 Å². The van der Waals surface area contributed by atoms with Crippen LogP contribution in [0.1, 0.15) is 57.1 Å². The monoisotopic (exact) mass is 289 g/mol. The molecule has 0 atom stereocenters. The first-order valence-electron chi connectivity index (χ1n) is 7.99. The summed E-state index contributed by atoms with van der Waals surface area (Å²) in [6.07, 6.45) is 6.69. The minimum Gasteiger partial charge on any atom is -0.352 e. The molecule has 5 nitrogen and oxygen atoms in total. The van der Waals surface area contributed by atoms with E-state index in [1.165, 1.54) is 23.6 Å². The van der Waals surface area contributed by atoms with Crippen molar-refractivity contribution in [2.45, 2.75) is 64.0 Å². The smallest absolute Gasteiger partial charge is 0.267 e. The maximum Gasteiger partial charge on any atom is 0.267 e. The van der Waals surface area contributed by atoms with Crippen LogP contribution in [0.3, 0.4) is 0 Å². The summed E-state index contributed by atoms with van der Waals surface area (Å²) >= 11 is 0. The Morgan fingerprint density at radius 1 is 1.24 bits per heavy atom. The van der Waals surface area contributed by atoms with Crippen LogP contribution in [0.5, 0.6) is 0 Å². The van der Waals surface area contributed by atoms with E-state index in [9.17, 15) is 9.59 Å². The van der Waals surface area contributed by atoms with Gasteiger partial charge in [-0.3, -0.25) is 9.59 Å². The van der Waals surface area contributed by atoms with Gasteiger partial charge in [0, 0.05) is 18.0 Å². The van der Waals surface area contributed by atoms with Gasteiger partial charge in [0.05, 0.1) is 5.69 Å². The Balaban J connectivity index is 1.59. The largest absolute Gasteiger partial charge is 0.352 e. The number of nitrogens with zero attached hydrogens (tertiary/aromatic N) is 2. The van der Waals surface area contributed by atoms with E-state index in [2.05, 4.69) is 17.3 Å². The zero-order valence-electron chi connectivity index (χ0n) is 12.5. The van der Waals surface area contributed by atoms with E-state index in [1.807, 2.05) is 0 Å². The third-order valence-corrected chi connectivity index (χ3v) is 4.56. The summed E-state index contributed by atoms with van der Waals surface area (Å²) in [6.45, 7) is 2.29. The highest BCUT2D eigenvalue weighted by Crippen LogP contribution is 2.38. The summed E-state index contributed by atoms with van der Waals surface area (Å²) < 4.78 is 1.30. The van der Waals surface area contributed by atoms with Crippen LogP contribution in [0, 0.1) is 5.92 Å². The predicted octanol–water partition coefficient (Wildman–Crippen LogP) is 1.82. The van der Waals surface area contributed by atoms with E-state index in [4.69, 9.17) is 0 Å². The molecule has 1 heterocycles. The van der Waals surface area contributed by atoms with Crippen molar-refractivity contribution in [2.24, 2.45) is 5.92 Å². The third kappa shape index (κ3) is 3.71. The fourth-order valence-corrected chi connectivity index (χ4v) is 2.99. The van der Waals surface area contributed by atoms with E-state index in [0.29, 0.717) is 5.92 Å². The van der Waals surface area contributed by atoms with Crippen LogP contribution in [0.4, 0.5) is 0 Å². The average molecular weight is 289 g/mol. The zero-order chi connectivity index (χ0) is 14.8. The lowest BCUT2D eigenvalue weighted by molar-refractivity contribution is -0.122. The molecule has 0 saturated heterocycles. The highest BCUT2D eigenvalue weighted by atomic mass is 16.2. The summed E-state index contributed by atoms with van der Waals surface area (Å²) in [5.41, 5.74) is 0.737. The molecule has 2 aliphatic carbocycles. The number of hydrogen-bond acceptors (Lipinski definition) is 3. The molecule has 0 radical (unpaired) electrons. The molecule has 2 aliphatic rings. The normalized spacial score (nSPS) is 25.6. The minimum absolute atomic E-state index is 0.0332. The Bertz CT molecular complexity index is 569. The van der Waals surface area contributed by atoms with Crippen LogP contribution in [0.2, 0.25) is 0 Å². The van der Waals surface area contributed by atoms with Crippen molar-refractivity contribution in [2.75, 3.05) is 0 Å². The summed E-state index contributed by atoms with van der Waals surface area (Å²) in [5, 5.41) is 7.36. The van der Waals surface area contributed by atoms with Crippen LogP contribution < -0.4 is 10.9 Å². The van der Waals surface area contributed by atoms with E-state index < -0.39 is 0 Å². The zero-order valence-corrected chi connectivity index (χ0v) is 12.5. The molecule has 0 spiro atoms. The van der Waals surface area contributed by atoms with Gasteiger partial charge in [-0.1, -0.05) is 6.92 Å². The lowest BCUT2D eigenvalue weighted by Crippen LogP contribution is -2.41. The number of hydrogen-bond donors (Lipinski definition) is 1. The average Bonchev–Trinajstić information content (AvgIpc) is 3.28. The van der Waals surface area contributed by atoms with Gasteiger partial charge in [-0.15, -0.1) is 0 Å². The molecule has 1 amide bonds. The number of amides is 1. The molecule has 5 heteroatoms.